The molecule has 0 unspecified atom stereocenters. The Morgan fingerprint density at radius 1 is 0.697 bits per heavy atom. The van der Waals surface area contributed by atoms with E-state index in [4.69, 9.17) is 5.10 Å². The van der Waals surface area contributed by atoms with E-state index >= 15 is 0 Å². The first kappa shape index (κ1) is 19.6. The van der Waals surface area contributed by atoms with Gasteiger partial charge >= 0.3 is 0 Å². The van der Waals surface area contributed by atoms with Gasteiger partial charge in [0.15, 0.2) is 5.82 Å². The number of hydrogen-bond acceptors (Lipinski definition) is 4. The van der Waals surface area contributed by atoms with Gasteiger partial charge in [-0.25, -0.2) is 14.6 Å². The molecule has 2 aromatic heterocycles. The normalized spacial score (nSPS) is 11.2. The lowest BCUT2D eigenvalue weighted by molar-refractivity contribution is 0.890. The van der Waals surface area contributed by atoms with Gasteiger partial charge in [0.05, 0.1) is 20.9 Å². The molecule has 0 aliphatic rings. The Morgan fingerprint density at radius 2 is 1.36 bits per heavy atom. The third kappa shape index (κ3) is 3.52. The average molecular weight is 445 g/mol. The van der Waals surface area contributed by atoms with Crippen LogP contribution in [0.25, 0.3) is 49.5 Å². The van der Waals surface area contributed by atoms with Crippen LogP contribution in [0.15, 0.2) is 103 Å². The first-order valence-corrected chi connectivity index (χ1v) is 11.6. The molecule has 0 radical (unpaired) electrons. The van der Waals surface area contributed by atoms with Gasteiger partial charge in [0.2, 0.25) is 0 Å². The van der Waals surface area contributed by atoms with Crippen molar-refractivity contribution in [1.29, 1.82) is 0 Å². The molecule has 0 N–H and O–H groups in total. The Balaban J connectivity index is 1.62. The molecule has 33 heavy (non-hydrogen) atoms. The number of nitrogens with zero attached hydrogens (tertiary/aromatic N) is 4. The van der Waals surface area contributed by atoms with Crippen molar-refractivity contribution in [2.24, 2.45) is 0 Å². The molecular formula is C28H20N4S. The number of hydrogen-bond donors (Lipinski definition) is 0. The van der Waals surface area contributed by atoms with Gasteiger partial charge in [0.25, 0.3) is 0 Å². The van der Waals surface area contributed by atoms with Gasteiger partial charge in [-0.05, 0) is 36.2 Å². The van der Waals surface area contributed by atoms with Gasteiger partial charge in [-0.2, -0.15) is 5.10 Å². The predicted octanol–water partition coefficient (Wildman–Crippen LogP) is 7.19. The number of fused-ring (bicyclic) bond motifs is 1. The smallest absolute Gasteiger partial charge is 0.163 e. The molecule has 0 aliphatic carbocycles. The number of thiazole rings is 1. The van der Waals surface area contributed by atoms with E-state index in [1.807, 2.05) is 23.7 Å². The maximum atomic E-state index is 4.71. The van der Waals surface area contributed by atoms with Crippen LogP contribution in [0.5, 0.6) is 0 Å². The summed E-state index contributed by atoms with van der Waals surface area (Å²) in [6, 6.07) is 33.6. The van der Waals surface area contributed by atoms with Crippen LogP contribution in [0, 0.1) is 6.92 Å². The molecule has 158 valence electrons. The zero-order valence-electron chi connectivity index (χ0n) is 18.0. The van der Waals surface area contributed by atoms with Crippen LogP contribution in [0.4, 0.5) is 0 Å². The topological polar surface area (TPSA) is 43.6 Å². The van der Waals surface area contributed by atoms with E-state index in [9.17, 15) is 0 Å². The van der Waals surface area contributed by atoms with E-state index < -0.39 is 0 Å². The number of aryl methyl sites for hydroxylation is 1. The third-order valence-electron chi connectivity index (χ3n) is 5.72. The van der Waals surface area contributed by atoms with Crippen LogP contribution in [-0.2, 0) is 0 Å². The summed E-state index contributed by atoms with van der Waals surface area (Å²) in [5.74, 6) is 0.795. The summed E-state index contributed by atoms with van der Waals surface area (Å²) in [4.78, 5) is 9.35. The van der Waals surface area contributed by atoms with Crippen LogP contribution < -0.4 is 0 Å². The monoisotopic (exact) mass is 444 g/mol. The zero-order chi connectivity index (χ0) is 22.2. The number of benzene rings is 4. The van der Waals surface area contributed by atoms with Crippen molar-refractivity contribution in [2.75, 3.05) is 0 Å². The van der Waals surface area contributed by atoms with Gasteiger partial charge in [-0.15, -0.1) is 11.3 Å². The van der Waals surface area contributed by atoms with Crippen LogP contribution in [-0.4, -0.2) is 19.7 Å². The van der Waals surface area contributed by atoms with Gasteiger partial charge < -0.3 is 0 Å². The van der Waals surface area contributed by atoms with Crippen molar-refractivity contribution < 1.29 is 0 Å². The maximum absolute atomic E-state index is 4.71. The molecule has 0 amide bonds. The molecule has 2 heterocycles. The van der Waals surface area contributed by atoms with Crippen molar-refractivity contribution in [2.45, 2.75) is 6.92 Å². The van der Waals surface area contributed by atoms with Crippen LogP contribution in [0.1, 0.15) is 5.01 Å². The zero-order valence-corrected chi connectivity index (χ0v) is 18.8. The van der Waals surface area contributed by atoms with Crippen molar-refractivity contribution in [3.63, 3.8) is 0 Å². The molecular weight excluding hydrogens is 424 g/mol. The second-order valence-electron chi connectivity index (χ2n) is 7.84. The highest BCUT2D eigenvalue weighted by molar-refractivity contribution is 7.18. The van der Waals surface area contributed by atoms with Crippen molar-refractivity contribution in [3.05, 3.63) is 108 Å². The van der Waals surface area contributed by atoms with Gasteiger partial charge in [-0.3, -0.25) is 0 Å². The summed E-state index contributed by atoms with van der Waals surface area (Å²) >= 11 is 1.70. The highest BCUT2D eigenvalue weighted by Crippen LogP contribution is 2.37. The van der Waals surface area contributed by atoms with Crippen molar-refractivity contribution in [1.82, 2.24) is 19.7 Å². The van der Waals surface area contributed by atoms with Gasteiger partial charge in [0, 0.05) is 16.7 Å². The molecule has 0 spiro atoms. The molecule has 4 nitrogen and oxygen atoms in total. The Kier molecular flexibility index (Phi) is 4.82. The molecule has 6 aromatic rings. The van der Waals surface area contributed by atoms with Crippen molar-refractivity contribution >= 4 is 21.6 Å². The van der Waals surface area contributed by atoms with Crippen LogP contribution in [0.2, 0.25) is 0 Å². The summed E-state index contributed by atoms with van der Waals surface area (Å²) < 4.78 is 3.14. The van der Waals surface area contributed by atoms with E-state index in [1.165, 1.54) is 4.70 Å². The Labute approximate surface area is 195 Å². The third-order valence-corrected chi connectivity index (χ3v) is 6.67. The molecule has 0 saturated heterocycles. The quantitative estimate of drug-likeness (QED) is 0.289. The molecule has 4 aromatic carbocycles. The lowest BCUT2D eigenvalue weighted by Crippen LogP contribution is -2.04. The first-order chi connectivity index (χ1) is 16.3. The molecule has 0 aliphatic heterocycles. The van der Waals surface area contributed by atoms with E-state index in [2.05, 4.69) is 94.9 Å². The summed E-state index contributed by atoms with van der Waals surface area (Å²) in [6.45, 7) is 2.04. The first-order valence-electron chi connectivity index (χ1n) is 10.8. The minimum Gasteiger partial charge on any atom is -0.241 e. The van der Waals surface area contributed by atoms with Crippen LogP contribution in [0.3, 0.4) is 0 Å². The molecule has 0 bridgehead atoms. The van der Waals surface area contributed by atoms with E-state index in [0.717, 1.165) is 49.9 Å². The van der Waals surface area contributed by atoms with Crippen molar-refractivity contribution in [3.8, 4) is 39.3 Å². The van der Waals surface area contributed by atoms with E-state index in [-0.39, 0.29) is 0 Å². The fourth-order valence-corrected chi connectivity index (χ4v) is 5.06. The number of aromatic nitrogens is 4. The SMILES string of the molecule is Cc1nc2cc(-c3ncnn3-c3c(-c4ccccc4)cccc3-c3ccccc3)ccc2s1. The Morgan fingerprint density at radius 3 is 2.03 bits per heavy atom. The fraction of sp³-hybridized carbons (Fsp3) is 0.0357. The minimum atomic E-state index is 0.795. The molecule has 0 fully saturated rings. The Hall–Kier alpha value is -4.09. The average Bonchev–Trinajstić information content (AvgIpc) is 3.50. The minimum absolute atomic E-state index is 0.795. The molecule has 0 saturated carbocycles. The number of para-hydroxylation sites is 1. The summed E-state index contributed by atoms with van der Waals surface area (Å²) in [5.41, 5.74) is 7.48. The summed E-state index contributed by atoms with van der Waals surface area (Å²) in [5, 5.41) is 5.77. The van der Waals surface area contributed by atoms with E-state index in [1.54, 1.807) is 17.7 Å². The standard InChI is InChI=1S/C28H20N4S/c1-19-31-25-17-22(15-16-26(25)33-19)28-29-18-30-32(28)27-23(20-9-4-2-5-10-20)13-8-14-24(27)21-11-6-3-7-12-21/h2-18H,1H3. The Bertz CT molecular complexity index is 1510. The fourth-order valence-electron chi connectivity index (χ4n) is 4.26. The predicted molar refractivity (Wildman–Crippen MR) is 136 cm³/mol. The highest BCUT2D eigenvalue weighted by atomic mass is 32.1. The molecule has 6 rings (SSSR count). The summed E-state index contributed by atoms with van der Waals surface area (Å²) in [7, 11) is 0. The largest absolute Gasteiger partial charge is 0.241 e. The van der Waals surface area contributed by atoms with Crippen LogP contribution >= 0.6 is 11.3 Å². The van der Waals surface area contributed by atoms with Gasteiger partial charge in [0.1, 0.15) is 6.33 Å². The van der Waals surface area contributed by atoms with Gasteiger partial charge in [-0.1, -0.05) is 78.9 Å². The lowest BCUT2D eigenvalue weighted by Gasteiger charge is -2.17. The van der Waals surface area contributed by atoms with E-state index in [0.29, 0.717) is 0 Å². The second-order valence-corrected chi connectivity index (χ2v) is 9.08. The second kappa shape index (κ2) is 8.11. The lowest BCUT2D eigenvalue weighted by atomic mass is 9.96. The maximum Gasteiger partial charge on any atom is 0.163 e. The highest BCUT2D eigenvalue weighted by Gasteiger charge is 2.19. The molecule has 0 atom stereocenters. The molecule has 5 heteroatoms. The summed E-state index contributed by atoms with van der Waals surface area (Å²) in [6.07, 6.45) is 1.63. The number of rotatable bonds is 4.